The maximum Gasteiger partial charge on any atom is 0.120 e. The second kappa shape index (κ2) is 7.43. The summed E-state index contributed by atoms with van der Waals surface area (Å²) in [6.07, 6.45) is 4.20. The summed E-state index contributed by atoms with van der Waals surface area (Å²) in [6.45, 7) is 4.25. The van der Waals surface area contributed by atoms with Gasteiger partial charge in [0.1, 0.15) is 12.4 Å². The molecular weight excluding hydrogens is 318 g/mol. The molecule has 2 unspecified atom stereocenters. The molecule has 1 aromatic rings. The summed E-state index contributed by atoms with van der Waals surface area (Å²) in [6, 6.07) is 7.83. The van der Waals surface area contributed by atoms with Gasteiger partial charge in [-0.2, -0.15) is 0 Å². The fraction of sp³-hybridized carbons (Fsp3) is 0.625. The van der Waals surface area contributed by atoms with E-state index in [1.165, 1.54) is 6.42 Å². The van der Waals surface area contributed by atoms with E-state index in [9.17, 15) is 5.11 Å². The first-order valence-corrected chi connectivity index (χ1v) is 8.18. The number of aliphatic hydroxyl groups is 1. The summed E-state index contributed by atoms with van der Waals surface area (Å²) in [5, 5.41) is 13.8. The molecule has 0 radical (unpaired) electrons. The molecule has 1 aliphatic rings. The Labute approximate surface area is 129 Å². The summed E-state index contributed by atoms with van der Waals surface area (Å²) >= 11 is 3.42. The van der Waals surface area contributed by atoms with Crippen molar-refractivity contribution in [1.82, 2.24) is 5.32 Å². The van der Waals surface area contributed by atoms with Gasteiger partial charge < -0.3 is 15.2 Å². The number of halogens is 1. The topological polar surface area (TPSA) is 41.5 Å². The van der Waals surface area contributed by atoms with Crippen molar-refractivity contribution < 1.29 is 9.84 Å². The highest BCUT2D eigenvalue weighted by Gasteiger charge is 2.31. The van der Waals surface area contributed by atoms with Crippen molar-refractivity contribution in [1.29, 1.82) is 0 Å². The van der Waals surface area contributed by atoms with E-state index in [0.29, 0.717) is 19.1 Å². The second-order valence-corrected chi connectivity index (χ2v) is 6.82. The monoisotopic (exact) mass is 341 g/mol. The third-order valence-corrected chi connectivity index (χ3v) is 4.36. The van der Waals surface area contributed by atoms with Gasteiger partial charge in [-0.1, -0.05) is 41.8 Å². The Morgan fingerprint density at radius 3 is 3.10 bits per heavy atom. The van der Waals surface area contributed by atoms with Crippen molar-refractivity contribution in [2.75, 3.05) is 19.7 Å². The van der Waals surface area contributed by atoms with Crippen LogP contribution in [0.25, 0.3) is 0 Å². The highest BCUT2D eigenvalue weighted by molar-refractivity contribution is 9.10. The predicted molar refractivity (Wildman–Crippen MR) is 85.1 cm³/mol. The van der Waals surface area contributed by atoms with Crippen molar-refractivity contribution in [2.24, 2.45) is 5.92 Å². The molecule has 0 aliphatic heterocycles. The number of nitrogens with one attached hydrogen (secondary N) is 1. The molecule has 20 heavy (non-hydrogen) atoms. The van der Waals surface area contributed by atoms with Gasteiger partial charge in [-0.05, 0) is 37.0 Å². The zero-order valence-corrected chi connectivity index (χ0v) is 13.7. The van der Waals surface area contributed by atoms with Crippen LogP contribution >= 0.6 is 15.9 Å². The minimum Gasteiger partial charge on any atom is -0.492 e. The molecule has 0 spiro atoms. The molecule has 1 aliphatic carbocycles. The number of hydrogen-bond donors (Lipinski definition) is 2. The van der Waals surface area contributed by atoms with Gasteiger partial charge in [0.15, 0.2) is 0 Å². The van der Waals surface area contributed by atoms with Crippen LogP contribution in [0.4, 0.5) is 0 Å². The lowest BCUT2D eigenvalue weighted by Gasteiger charge is -2.35. The molecule has 0 bridgehead atoms. The zero-order valence-electron chi connectivity index (χ0n) is 12.1. The van der Waals surface area contributed by atoms with Crippen molar-refractivity contribution in [3.63, 3.8) is 0 Å². The van der Waals surface area contributed by atoms with Crippen molar-refractivity contribution in [3.8, 4) is 5.75 Å². The normalized spacial score (nSPS) is 26.4. The van der Waals surface area contributed by atoms with Crippen molar-refractivity contribution in [3.05, 3.63) is 28.7 Å². The van der Waals surface area contributed by atoms with Crippen LogP contribution in [0.5, 0.6) is 5.75 Å². The van der Waals surface area contributed by atoms with Crippen LogP contribution in [-0.4, -0.2) is 30.4 Å². The first-order chi connectivity index (χ1) is 9.57. The molecule has 0 heterocycles. The SMILES string of the molecule is CC1CCCC(O)(CNCCOc2cccc(Br)c2)C1. The van der Waals surface area contributed by atoms with Crippen LogP contribution in [0.1, 0.15) is 32.6 Å². The van der Waals surface area contributed by atoms with Crippen LogP contribution in [0.3, 0.4) is 0 Å². The van der Waals surface area contributed by atoms with Gasteiger partial charge in [0.05, 0.1) is 5.60 Å². The van der Waals surface area contributed by atoms with E-state index in [0.717, 1.165) is 36.0 Å². The van der Waals surface area contributed by atoms with E-state index in [2.05, 4.69) is 28.2 Å². The Morgan fingerprint density at radius 2 is 2.35 bits per heavy atom. The number of rotatable bonds is 6. The van der Waals surface area contributed by atoms with E-state index in [1.54, 1.807) is 0 Å². The van der Waals surface area contributed by atoms with Gasteiger partial charge in [0.25, 0.3) is 0 Å². The Balaban J connectivity index is 1.64. The molecule has 4 heteroatoms. The minimum absolute atomic E-state index is 0.520. The van der Waals surface area contributed by atoms with Gasteiger partial charge in [-0.25, -0.2) is 0 Å². The Morgan fingerprint density at radius 1 is 1.50 bits per heavy atom. The van der Waals surface area contributed by atoms with E-state index in [1.807, 2.05) is 24.3 Å². The molecule has 0 saturated heterocycles. The molecule has 2 atom stereocenters. The zero-order chi connectivity index (χ0) is 14.4. The third-order valence-electron chi connectivity index (χ3n) is 3.87. The summed E-state index contributed by atoms with van der Waals surface area (Å²) in [5.74, 6) is 1.50. The van der Waals surface area contributed by atoms with Crippen LogP contribution < -0.4 is 10.1 Å². The molecule has 1 aromatic carbocycles. The second-order valence-electron chi connectivity index (χ2n) is 5.91. The summed E-state index contributed by atoms with van der Waals surface area (Å²) in [4.78, 5) is 0. The molecule has 2 N–H and O–H groups in total. The number of benzene rings is 1. The average Bonchev–Trinajstić information content (AvgIpc) is 2.38. The molecule has 1 fully saturated rings. The van der Waals surface area contributed by atoms with Crippen LogP contribution in [0.2, 0.25) is 0 Å². The van der Waals surface area contributed by atoms with Gasteiger partial charge in [-0.15, -0.1) is 0 Å². The van der Waals surface area contributed by atoms with Crippen LogP contribution in [0.15, 0.2) is 28.7 Å². The lowest BCUT2D eigenvalue weighted by molar-refractivity contribution is -0.0119. The molecule has 2 rings (SSSR count). The maximum absolute atomic E-state index is 10.5. The lowest BCUT2D eigenvalue weighted by atomic mass is 9.79. The number of ether oxygens (including phenoxy) is 1. The molecule has 112 valence electrons. The van der Waals surface area contributed by atoms with Gasteiger partial charge in [0.2, 0.25) is 0 Å². The lowest BCUT2D eigenvalue weighted by Crippen LogP contribution is -2.44. The Hall–Kier alpha value is -0.580. The number of hydrogen-bond acceptors (Lipinski definition) is 3. The van der Waals surface area contributed by atoms with E-state index in [-0.39, 0.29) is 0 Å². The molecular formula is C16H24BrNO2. The van der Waals surface area contributed by atoms with E-state index >= 15 is 0 Å². The molecule has 1 saturated carbocycles. The van der Waals surface area contributed by atoms with Crippen LogP contribution in [0, 0.1) is 5.92 Å². The Kier molecular flexibility index (Phi) is 5.87. The predicted octanol–water partition coefficient (Wildman–Crippen LogP) is 3.36. The van der Waals surface area contributed by atoms with Crippen molar-refractivity contribution >= 4 is 15.9 Å². The quantitative estimate of drug-likeness (QED) is 0.779. The summed E-state index contributed by atoms with van der Waals surface area (Å²) < 4.78 is 6.68. The average molecular weight is 342 g/mol. The van der Waals surface area contributed by atoms with Crippen LogP contribution in [-0.2, 0) is 0 Å². The van der Waals surface area contributed by atoms with E-state index < -0.39 is 5.60 Å². The highest BCUT2D eigenvalue weighted by Crippen LogP contribution is 2.31. The maximum atomic E-state index is 10.5. The fourth-order valence-electron chi connectivity index (χ4n) is 2.91. The Bertz CT molecular complexity index is 427. The standard InChI is InChI=1S/C16H24BrNO2/c1-13-4-3-7-16(19,11-13)12-18-8-9-20-15-6-2-5-14(17)10-15/h2,5-6,10,13,18-19H,3-4,7-9,11-12H2,1H3. The largest absolute Gasteiger partial charge is 0.492 e. The summed E-state index contributed by atoms with van der Waals surface area (Å²) in [7, 11) is 0. The van der Waals surface area contributed by atoms with E-state index in [4.69, 9.17) is 4.74 Å². The fourth-order valence-corrected chi connectivity index (χ4v) is 3.29. The van der Waals surface area contributed by atoms with Gasteiger partial charge in [0, 0.05) is 17.6 Å². The van der Waals surface area contributed by atoms with Gasteiger partial charge >= 0.3 is 0 Å². The molecule has 3 nitrogen and oxygen atoms in total. The molecule has 0 amide bonds. The highest BCUT2D eigenvalue weighted by atomic mass is 79.9. The first kappa shape index (κ1) is 15.8. The summed E-state index contributed by atoms with van der Waals surface area (Å²) in [5.41, 5.74) is -0.520. The first-order valence-electron chi connectivity index (χ1n) is 7.39. The molecule has 0 aromatic heterocycles. The minimum atomic E-state index is -0.520. The van der Waals surface area contributed by atoms with Gasteiger partial charge in [-0.3, -0.25) is 0 Å². The third kappa shape index (κ3) is 5.08. The smallest absolute Gasteiger partial charge is 0.120 e. The van der Waals surface area contributed by atoms with Crippen molar-refractivity contribution in [2.45, 2.75) is 38.2 Å².